The van der Waals surface area contributed by atoms with Crippen LogP contribution < -0.4 is 0 Å². The molecular formula is C16H22ClN3OS2. The van der Waals surface area contributed by atoms with Gasteiger partial charge in [-0.1, -0.05) is 43.1 Å². The Kier molecular flexibility index (Phi) is 5.75. The van der Waals surface area contributed by atoms with Crippen LogP contribution in [0.5, 0.6) is 0 Å². The summed E-state index contributed by atoms with van der Waals surface area (Å²) in [7, 11) is 0. The average Bonchev–Trinajstić information content (AvgIpc) is 2.89. The largest absolute Gasteiger partial charge is 0.342 e. The number of aromatic nitrogens is 2. The Morgan fingerprint density at radius 1 is 1.43 bits per heavy atom. The first-order valence-electron chi connectivity index (χ1n) is 8.22. The van der Waals surface area contributed by atoms with E-state index in [1.54, 1.807) is 30.4 Å². The number of fused-ring (bicyclic) bond motifs is 3. The molecule has 0 spiro atoms. The van der Waals surface area contributed by atoms with Gasteiger partial charge in [-0.15, -0.1) is 11.8 Å². The van der Waals surface area contributed by atoms with Crippen LogP contribution in [0.15, 0.2) is 10.2 Å². The molecule has 0 aliphatic carbocycles. The Labute approximate surface area is 151 Å². The summed E-state index contributed by atoms with van der Waals surface area (Å²) in [5.74, 6) is 1.58. The quantitative estimate of drug-likeness (QED) is 0.335. The molecule has 3 heterocycles. The number of carbonyl (C=O) groups excluding carboxylic acids is 1. The van der Waals surface area contributed by atoms with Gasteiger partial charge in [-0.2, -0.15) is 0 Å². The lowest BCUT2D eigenvalue weighted by molar-refractivity contribution is -0.129. The summed E-state index contributed by atoms with van der Waals surface area (Å²) >= 11 is 9.94. The highest BCUT2D eigenvalue weighted by Crippen LogP contribution is 2.50. The molecule has 0 aromatic carbocycles. The molecule has 1 amide bonds. The molecular weight excluding hydrogens is 350 g/mol. The molecule has 2 aliphatic rings. The predicted octanol–water partition coefficient (Wildman–Crippen LogP) is 4.22. The number of halogens is 1. The molecule has 7 heteroatoms. The van der Waals surface area contributed by atoms with Gasteiger partial charge >= 0.3 is 0 Å². The van der Waals surface area contributed by atoms with Gasteiger partial charge in [0.05, 0.1) is 0 Å². The van der Waals surface area contributed by atoms with E-state index in [9.17, 15) is 4.79 Å². The molecule has 2 unspecified atom stereocenters. The summed E-state index contributed by atoms with van der Waals surface area (Å²) in [6.45, 7) is 5.44. The Morgan fingerprint density at radius 2 is 2.26 bits per heavy atom. The summed E-state index contributed by atoms with van der Waals surface area (Å²) in [5.41, 5.74) is 1.11. The van der Waals surface area contributed by atoms with E-state index in [0.29, 0.717) is 16.3 Å². The van der Waals surface area contributed by atoms with Gasteiger partial charge < -0.3 is 4.90 Å². The second-order valence-corrected chi connectivity index (χ2v) is 8.74. The maximum absolute atomic E-state index is 11.6. The minimum absolute atomic E-state index is 0.157. The number of thioether (sulfide) groups is 2. The van der Waals surface area contributed by atoms with Gasteiger partial charge in [-0.05, 0) is 12.8 Å². The zero-order valence-electron chi connectivity index (χ0n) is 13.5. The van der Waals surface area contributed by atoms with Crippen LogP contribution in [0.4, 0.5) is 0 Å². The zero-order chi connectivity index (χ0) is 16.4. The average molecular weight is 372 g/mol. The number of hydrogen-bond acceptors (Lipinski definition) is 5. The highest BCUT2D eigenvalue weighted by Gasteiger charge is 2.41. The van der Waals surface area contributed by atoms with E-state index >= 15 is 0 Å². The molecule has 23 heavy (non-hydrogen) atoms. The molecule has 0 radical (unpaired) electrons. The first-order valence-corrected chi connectivity index (χ1v) is 10.5. The maximum Gasteiger partial charge on any atom is 0.219 e. The Bertz CT molecular complexity index is 599. The molecule has 126 valence electrons. The number of unbranched alkanes of at least 4 members (excludes halogenated alkanes) is 2. The van der Waals surface area contributed by atoms with Crippen molar-refractivity contribution in [3.8, 4) is 0 Å². The number of carbonyl (C=O) groups is 1. The van der Waals surface area contributed by atoms with Crippen molar-refractivity contribution in [1.29, 1.82) is 0 Å². The number of nitrogens with zero attached hydrogens (tertiary/aromatic N) is 3. The van der Waals surface area contributed by atoms with Crippen LogP contribution in [0.2, 0.25) is 5.15 Å². The topological polar surface area (TPSA) is 46.1 Å². The lowest BCUT2D eigenvalue weighted by Gasteiger charge is -2.33. The van der Waals surface area contributed by atoms with E-state index in [4.69, 9.17) is 16.6 Å². The van der Waals surface area contributed by atoms with Gasteiger partial charge in [0.25, 0.3) is 0 Å². The van der Waals surface area contributed by atoms with Gasteiger partial charge in [-0.3, -0.25) is 4.79 Å². The van der Waals surface area contributed by atoms with E-state index in [-0.39, 0.29) is 5.91 Å². The smallest absolute Gasteiger partial charge is 0.219 e. The third-order valence-electron chi connectivity index (χ3n) is 4.46. The highest BCUT2D eigenvalue weighted by molar-refractivity contribution is 8.00. The SMILES string of the molecule is CCCCCSc1nc(Cl)c2c(n1)SC1CN(C(C)=O)CCC21. The van der Waals surface area contributed by atoms with Crippen molar-refractivity contribution < 1.29 is 4.79 Å². The maximum atomic E-state index is 11.6. The molecule has 2 atom stereocenters. The van der Waals surface area contributed by atoms with Crippen LogP contribution in [0.1, 0.15) is 51.0 Å². The van der Waals surface area contributed by atoms with Crippen molar-refractivity contribution in [2.24, 2.45) is 0 Å². The first-order chi connectivity index (χ1) is 11.1. The molecule has 4 nitrogen and oxygen atoms in total. The van der Waals surface area contributed by atoms with E-state index < -0.39 is 0 Å². The molecule has 3 rings (SSSR count). The van der Waals surface area contributed by atoms with Gasteiger partial charge in [-0.25, -0.2) is 9.97 Å². The van der Waals surface area contributed by atoms with Gasteiger partial charge in [0.1, 0.15) is 10.2 Å². The van der Waals surface area contributed by atoms with Crippen molar-refractivity contribution in [1.82, 2.24) is 14.9 Å². The number of piperidine rings is 1. The monoisotopic (exact) mass is 371 g/mol. The fourth-order valence-corrected chi connectivity index (χ4v) is 5.99. The second-order valence-electron chi connectivity index (χ2n) is 6.09. The van der Waals surface area contributed by atoms with Crippen LogP contribution in [-0.2, 0) is 4.79 Å². The van der Waals surface area contributed by atoms with Gasteiger partial charge in [0.2, 0.25) is 5.91 Å². The summed E-state index contributed by atoms with van der Waals surface area (Å²) in [6, 6.07) is 0. The zero-order valence-corrected chi connectivity index (χ0v) is 15.9. The normalized spacial score (nSPS) is 22.8. The fraction of sp³-hybridized carbons (Fsp3) is 0.688. The molecule has 0 N–H and O–H groups in total. The highest BCUT2D eigenvalue weighted by atomic mass is 35.5. The van der Waals surface area contributed by atoms with Crippen LogP contribution in [-0.4, -0.2) is 44.9 Å². The molecule has 1 aromatic heterocycles. The van der Waals surface area contributed by atoms with Crippen molar-refractivity contribution in [3.05, 3.63) is 10.7 Å². The third-order valence-corrected chi connectivity index (χ3v) is 7.00. The molecule has 1 saturated heterocycles. The van der Waals surface area contributed by atoms with Crippen molar-refractivity contribution in [3.63, 3.8) is 0 Å². The predicted molar refractivity (Wildman–Crippen MR) is 96.5 cm³/mol. The van der Waals surface area contributed by atoms with Crippen LogP contribution in [0, 0.1) is 0 Å². The summed E-state index contributed by atoms with van der Waals surface area (Å²) in [4.78, 5) is 22.8. The number of hydrogen-bond donors (Lipinski definition) is 0. The Morgan fingerprint density at radius 3 is 3.00 bits per heavy atom. The standard InChI is InChI=1S/C16H22ClN3OS2/c1-3-4-5-8-22-16-18-14(17)13-11-6-7-20(10(2)21)9-12(11)23-15(13)19-16/h11-12H,3-9H2,1-2H3. The van der Waals surface area contributed by atoms with Crippen LogP contribution >= 0.6 is 35.1 Å². The minimum atomic E-state index is 0.157. The summed E-state index contributed by atoms with van der Waals surface area (Å²) in [5, 5.41) is 2.81. The summed E-state index contributed by atoms with van der Waals surface area (Å²) < 4.78 is 0. The molecule has 0 bridgehead atoms. The molecule has 2 aliphatic heterocycles. The Balaban J connectivity index is 1.72. The fourth-order valence-electron chi connectivity index (χ4n) is 3.18. The lowest BCUT2D eigenvalue weighted by atomic mass is 9.91. The van der Waals surface area contributed by atoms with Crippen LogP contribution in [0.25, 0.3) is 0 Å². The van der Waals surface area contributed by atoms with Crippen molar-refractivity contribution >= 4 is 41.0 Å². The van der Waals surface area contributed by atoms with Gasteiger partial charge in [0.15, 0.2) is 5.16 Å². The second kappa shape index (κ2) is 7.62. The number of amides is 1. The molecule has 1 fully saturated rings. The summed E-state index contributed by atoms with van der Waals surface area (Å²) in [6.07, 6.45) is 4.60. The van der Waals surface area contributed by atoms with Crippen molar-refractivity contribution in [2.45, 2.75) is 60.9 Å². The van der Waals surface area contributed by atoms with Gasteiger partial charge in [0, 0.05) is 42.5 Å². The van der Waals surface area contributed by atoms with E-state index in [1.807, 2.05) is 4.90 Å². The third kappa shape index (κ3) is 3.80. The van der Waals surface area contributed by atoms with Crippen LogP contribution in [0.3, 0.4) is 0 Å². The number of rotatable bonds is 5. The van der Waals surface area contributed by atoms with E-state index in [2.05, 4.69) is 11.9 Å². The molecule has 0 saturated carbocycles. The first kappa shape index (κ1) is 17.4. The number of likely N-dealkylation sites (tertiary alicyclic amines) is 1. The lowest BCUT2D eigenvalue weighted by Crippen LogP contribution is -2.42. The molecule has 1 aromatic rings. The van der Waals surface area contributed by atoms with E-state index in [0.717, 1.165) is 41.0 Å². The minimum Gasteiger partial charge on any atom is -0.342 e. The van der Waals surface area contributed by atoms with Crippen molar-refractivity contribution in [2.75, 3.05) is 18.8 Å². The Hall–Kier alpha value is -0.460. The van der Waals surface area contributed by atoms with E-state index in [1.165, 1.54) is 19.3 Å².